The van der Waals surface area contributed by atoms with E-state index >= 15 is 0 Å². The molecule has 0 heterocycles. The largest absolute Gasteiger partial charge is 0.494 e. The van der Waals surface area contributed by atoms with Gasteiger partial charge >= 0.3 is 0 Å². The van der Waals surface area contributed by atoms with Crippen molar-refractivity contribution in [3.63, 3.8) is 0 Å². The van der Waals surface area contributed by atoms with Crippen LogP contribution in [-0.4, -0.2) is 26.2 Å². The lowest BCUT2D eigenvalue weighted by atomic mass is 10.2. The fourth-order valence-electron chi connectivity index (χ4n) is 2.12. The van der Waals surface area contributed by atoms with Gasteiger partial charge in [-0.15, -0.1) is 0 Å². The predicted octanol–water partition coefficient (Wildman–Crippen LogP) is 3.42. The molecule has 0 aromatic heterocycles. The van der Waals surface area contributed by atoms with Gasteiger partial charge in [0.1, 0.15) is 5.75 Å². The van der Waals surface area contributed by atoms with Crippen molar-refractivity contribution >= 4 is 11.6 Å². The number of methoxy groups -OCH3 is 1. The van der Waals surface area contributed by atoms with E-state index in [1.807, 2.05) is 38.1 Å². The van der Waals surface area contributed by atoms with Gasteiger partial charge in [0.05, 0.1) is 13.7 Å². The first kappa shape index (κ1) is 16.7. The number of anilines is 1. The molecule has 0 spiro atoms. The van der Waals surface area contributed by atoms with Crippen LogP contribution >= 0.6 is 0 Å². The van der Waals surface area contributed by atoms with Crippen LogP contribution in [0.1, 0.15) is 12.5 Å². The molecule has 23 heavy (non-hydrogen) atoms. The molecule has 0 aliphatic carbocycles. The Bertz CT molecular complexity index is 670. The zero-order valence-corrected chi connectivity index (χ0v) is 13.6. The normalized spacial score (nSPS) is 10.0. The molecule has 1 amide bonds. The Balaban J connectivity index is 1.93. The van der Waals surface area contributed by atoms with Crippen molar-refractivity contribution < 1.29 is 19.0 Å². The van der Waals surface area contributed by atoms with Crippen LogP contribution in [0.5, 0.6) is 17.2 Å². The number of carbonyl (C=O) groups excluding carboxylic acids is 1. The molecule has 0 bridgehead atoms. The van der Waals surface area contributed by atoms with Crippen LogP contribution in [0.15, 0.2) is 42.5 Å². The van der Waals surface area contributed by atoms with E-state index in [1.165, 1.54) is 0 Å². The second-order valence-electron chi connectivity index (χ2n) is 4.90. The summed E-state index contributed by atoms with van der Waals surface area (Å²) in [6.45, 7) is 4.39. The molecule has 122 valence electrons. The van der Waals surface area contributed by atoms with E-state index in [9.17, 15) is 4.79 Å². The standard InChI is InChI=1S/C18H21NO4/c1-4-22-15-10-9-14(11-13(15)2)19-18(20)12-23-17-8-6-5-7-16(17)21-3/h5-11H,4,12H2,1-3H3,(H,19,20). The van der Waals surface area contributed by atoms with Gasteiger partial charge in [0.15, 0.2) is 18.1 Å². The maximum atomic E-state index is 12.0. The van der Waals surface area contributed by atoms with Crippen LogP contribution in [0, 0.1) is 6.92 Å². The fraction of sp³-hybridized carbons (Fsp3) is 0.278. The first-order valence-corrected chi connectivity index (χ1v) is 7.43. The van der Waals surface area contributed by atoms with E-state index in [-0.39, 0.29) is 12.5 Å². The van der Waals surface area contributed by atoms with Crippen LogP contribution in [0.3, 0.4) is 0 Å². The zero-order valence-electron chi connectivity index (χ0n) is 13.6. The third-order valence-corrected chi connectivity index (χ3v) is 3.19. The van der Waals surface area contributed by atoms with Gasteiger partial charge in [-0.25, -0.2) is 0 Å². The number of hydrogen-bond donors (Lipinski definition) is 1. The summed E-state index contributed by atoms with van der Waals surface area (Å²) in [5.41, 5.74) is 1.68. The van der Waals surface area contributed by atoms with Gasteiger partial charge in [-0.05, 0) is 49.7 Å². The fourth-order valence-corrected chi connectivity index (χ4v) is 2.12. The van der Waals surface area contributed by atoms with Crippen molar-refractivity contribution in [3.05, 3.63) is 48.0 Å². The summed E-state index contributed by atoms with van der Waals surface area (Å²) in [7, 11) is 1.56. The average molecular weight is 315 g/mol. The van der Waals surface area contributed by atoms with Gasteiger partial charge in [-0.2, -0.15) is 0 Å². The average Bonchev–Trinajstić information content (AvgIpc) is 2.56. The highest BCUT2D eigenvalue weighted by atomic mass is 16.5. The summed E-state index contributed by atoms with van der Waals surface area (Å²) in [4.78, 5) is 12.0. The number of hydrogen-bond acceptors (Lipinski definition) is 4. The molecule has 0 unspecified atom stereocenters. The first-order chi connectivity index (χ1) is 11.1. The lowest BCUT2D eigenvalue weighted by Crippen LogP contribution is -2.20. The van der Waals surface area contributed by atoms with E-state index in [1.54, 1.807) is 25.3 Å². The molecule has 2 rings (SSSR count). The summed E-state index contributed by atoms with van der Waals surface area (Å²) in [5.74, 6) is 1.71. The minimum absolute atomic E-state index is 0.0906. The molecule has 5 heteroatoms. The Morgan fingerprint density at radius 3 is 2.43 bits per heavy atom. The number of benzene rings is 2. The van der Waals surface area contributed by atoms with Crippen LogP contribution < -0.4 is 19.5 Å². The van der Waals surface area contributed by atoms with Gasteiger partial charge in [0.25, 0.3) is 5.91 Å². The van der Waals surface area contributed by atoms with E-state index in [4.69, 9.17) is 14.2 Å². The molecule has 5 nitrogen and oxygen atoms in total. The second kappa shape index (κ2) is 8.08. The van der Waals surface area contributed by atoms with Crippen molar-refractivity contribution in [1.29, 1.82) is 0 Å². The lowest BCUT2D eigenvalue weighted by molar-refractivity contribution is -0.118. The number of nitrogens with one attached hydrogen (secondary N) is 1. The van der Waals surface area contributed by atoms with Crippen LogP contribution in [0.25, 0.3) is 0 Å². The summed E-state index contributed by atoms with van der Waals surface area (Å²) in [6, 6.07) is 12.7. The molecule has 2 aromatic carbocycles. The van der Waals surface area contributed by atoms with Gasteiger partial charge in [-0.1, -0.05) is 12.1 Å². The number of ether oxygens (including phenoxy) is 3. The second-order valence-corrected chi connectivity index (χ2v) is 4.90. The highest BCUT2D eigenvalue weighted by Crippen LogP contribution is 2.26. The molecule has 0 radical (unpaired) electrons. The third kappa shape index (κ3) is 4.64. The minimum atomic E-state index is -0.237. The molecule has 2 aromatic rings. The number of amides is 1. The number of aryl methyl sites for hydroxylation is 1. The van der Waals surface area contributed by atoms with E-state index in [0.717, 1.165) is 11.3 Å². The van der Waals surface area contributed by atoms with Gasteiger partial charge in [0.2, 0.25) is 0 Å². The molecule has 0 fully saturated rings. The van der Waals surface area contributed by atoms with Crippen molar-refractivity contribution in [2.45, 2.75) is 13.8 Å². The smallest absolute Gasteiger partial charge is 0.262 e. The summed E-state index contributed by atoms with van der Waals surface area (Å²) >= 11 is 0. The monoisotopic (exact) mass is 315 g/mol. The Morgan fingerprint density at radius 2 is 1.78 bits per heavy atom. The van der Waals surface area contributed by atoms with Crippen LogP contribution in [-0.2, 0) is 4.79 Å². The minimum Gasteiger partial charge on any atom is -0.494 e. The quantitative estimate of drug-likeness (QED) is 0.850. The molecule has 0 atom stereocenters. The van der Waals surface area contributed by atoms with Gasteiger partial charge in [-0.3, -0.25) is 4.79 Å². The summed E-state index contributed by atoms with van der Waals surface area (Å²) in [5, 5.41) is 2.80. The number of para-hydroxylation sites is 2. The predicted molar refractivity (Wildman–Crippen MR) is 89.5 cm³/mol. The third-order valence-electron chi connectivity index (χ3n) is 3.19. The number of carbonyl (C=O) groups is 1. The van der Waals surface area contributed by atoms with Crippen molar-refractivity contribution in [1.82, 2.24) is 0 Å². The van der Waals surface area contributed by atoms with Crippen molar-refractivity contribution in [2.24, 2.45) is 0 Å². The summed E-state index contributed by atoms with van der Waals surface area (Å²) in [6.07, 6.45) is 0. The Morgan fingerprint density at radius 1 is 1.04 bits per heavy atom. The number of rotatable bonds is 7. The summed E-state index contributed by atoms with van der Waals surface area (Å²) < 4.78 is 16.1. The Hall–Kier alpha value is -2.69. The highest BCUT2D eigenvalue weighted by molar-refractivity contribution is 5.92. The van der Waals surface area contributed by atoms with Crippen molar-refractivity contribution in [2.75, 3.05) is 25.6 Å². The van der Waals surface area contributed by atoms with Gasteiger partial charge < -0.3 is 19.5 Å². The van der Waals surface area contributed by atoms with E-state index in [2.05, 4.69) is 5.32 Å². The van der Waals surface area contributed by atoms with Crippen LogP contribution in [0.2, 0.25) is 0 Å². The maximum Gasteiger partial charge on any atom is 0.262 e. The molecular formula is C18H21NO4. The maximum absolute atomic E-state index is 12.0. The van der Waals surface area contributed by atoms with Gasteiger partial charge in [0, 0.05) is 5.69 Å². The van der Waals surface area contributed by atoms with E-state index in [0.29, 0.717) is 23.8 Å². The lowest BCUT2D eigenvalue weighted by Gasteiger charge is -2.12. The molecule has 0 saturated heterocycles. The van der Waals surface area contributed by atoms with E-state index < -0.39 is 0 Å². The molecule has 0 aliphatic rings. The topological polar surface area (TPSA) is 56.8 Å². The molecule has 0 aliphatic heterocycles. The van der Waals surface area contributed by atoms with Crippen LogP contribution in [0.4, 0.5) is 5.69 Å². The Labute approximate surface area is 136 Å². The first-order valence-electron chi connectivity index (χ1n) is 7.43. The SMILES string of the molecule is CCOc1ccc(NC(=O)COc2ccccc2OC)cc1C. The Kier molecular flexibility index (Phi) is 5.86. The van der Waals surface area contributed by atoms with Crippen molar-refractivity contribution in [3.8, 4) is 17.2 Å². The molecule has 0 saturated carbocycles. The molecular weight excluding hydrogens is 294 g/mol. The zero-order chi connectivity index (χ0) is 16.7. The highest BCUT2D eigenvalue weighted by Gasteiger charge is 2.08. The molecule has 1 N–H and O–H groups in total.